The summed E-state index contributed by atoms with van der Waals surface area (Å²) < 4.78 is 0. The van der Waals surface area contributed by atoms with Gasteiger partial charge in [0.1, 0.15) is 0 Å². The predicted octanol–water partition coefficient (Wildman–Crippen LogP) is 6.70. The minimum absolute atomic E-state index is 0.0678. The van der Waals surface area contributed by atoms with Crippen LogP contribution in [0.1, 0.15) is 107 Å². The van der Waals surface area contributed by atoms with Crippen molar-refractivity contribution < 1.29 is 4.79 Å². The van der Waals surface area contributed by atoms with E-state index < -0.39 is 0 Å². The maximum absolute atomic E-state index is 11.8. The third-order valence-corrected chi connectivity index (χ3v) is 4.48. The van der Waals surface area contributed by atoms with Crippen LogP contribution in [0, 0.1) is 0 Å². The quantitative estimate of drug-likeness (QED) is 0.190. The van der Waals surface area contributed by atoms with Crippen LogP contribution in [0.25, 0.3) is 0 Å². The molecule has 0 aliphatic carbocycles. The van der Waals surface area contributed by atoms with Crippen molar-refractivity contribution in [3.63, 3.8) is 0 Å². The van der Waals surface area contributed by atoms with E-state index in [1.165, 1.54) is 70.6 Å². The summed E-state index contributed by atoms with van der Waals surface area (Å²) in [6.07, 6.45) is 25.1. The van der Waals surface area contributed by atoms with Gasteiger partial charge in [-0.15, -0.1) is 0 Å². The first-order valence-corrected chi connectivity index (χ1v) is 10.3. The highest BCUT2D eigenvalue weighted by molar-refractivity contribution is 5.92. The number of hydrogen-bond donors (Lipinski definition) is 0. The van der Waals surface area contributed by atoms with Crippen molar-refractivity contribution in [2.24, 2.45) is 0 Å². The molecule has 0 aliphatic heterocycles. The molecular formula is C22H36N2O. The van der Waals surface area contributed by atoms with Crippen molar-refractivity contribution in [2.45, 2.75) is 96.8 Å². The normalized spacial score (nSPS) is 11.2. The third-order valence-electron chi connectivity index (χ3n) is 4.48. The third kappa shape index (κ3) is 12.5. The highest BCUT2D eigenvalue weighted by Gasteiger charge is 2.07. The van der Waals surface area contributed by atoms with Gasteiger partial charge in [-0.3, -0.25) is 4.79 Å². The number of ketones is 1. The van der Waals surface area contributed by atoms with Gasteiger partial charge in [-0.25, -0.2) is 9.97 Å². The van der Waals surface area contributed by atoms with Gasteiger partial charge in [-0.1, -0.05) is 70.4 Å². The summed E-state index contributed by atoms with van der Waals surface area (Å²) in [5.41, 5.74) is 0. The van der Waals surface area contributed by atoms with E-state index in [1.807, 2.05) is 0 Å². The van der Waals surface area contributed by atoms with E-state index in [1.54, 1.807) is 18.5 Å². The Balaban J connectivity index is 1.84. The zero-order valence-electron chi connectivity index (χ0n) is 16.1. The number of Topliss-reactive ketones (excluding diaryl/α,β-unsaturated/α-hetero) is 1. The second-order valence-corrected chi connectivity index (χ2v) is 6.83. The highest BCUT2D eigenvalue weighted by Crippen LogP contribution is 2.10. The Bertz CT molecular complexity index is 456. The molecule has 0 fully saturated rings. The number of allylic oxidation sites excluding steroid dienone is 2. The molecule has 1 heterocycles. The number of rotatable bonds is 16. The van der Waals surface area contributed by atoms with Gasteiger partial charge < -0.3 is 0 Å². The first kappa shape index (κ1) is 21.5. The van der Waals surface area contributed by atoms with E-state index in [0.29, 0.717) is 12.2 Å². The number of carbonyl (C=O) groups excluding carboxylic acids is 1. The molecule has 1 aromatic rings. The second kappa shape index (κ2) is 16.0. The average Bonchev–Trinajstić information content (AvgIpc) is 2.65. The number of hydrogen-bond acceptors (Lipinski definition) is 3. The second-order valence-electron chi connectivity index (χ2n) is 6.83. The van der Waals surface area contributed by atoms with Gasteiger partial charge in [0, 0.05) is 18.8 Å². The molecule has 0 aromatic carbocycles. The van der Waals surface area contributed by atoms with E-state index in [9.17, 15) is 4.79 Å². The molecule has 3 nitrogen and oxygen atoms in total. The molecule has 0 amide bonds. The maximum Gasteiger partial charge on any atom is 0.200 e. The predicted molar refractivity (Wildman–Crippen MR) is 106 cm³/mol. The van der Waals surface area contributed by atoms with Gasteiger partial charge in [-0.2, -0.15) is 0 Å². The Morgan fingerprint density at radius 1 is 0.800 bits per heavy atom. The van der Waals surface area contributed by atoms with Gasteiger partial charge in [0.2, 0.25) is 0 Å². The molecule has 1 aromatic heterocycles. The fraction of sp³-hybridized carbons (Fsp3) is 0.682. The highest BCUT2D eigenvalue weighted by atomic mass is 16.1. The standard InChI is InChI=1S/C22H36N2O/c1-2-3-4-5-6-7-8-9-10-11-12-13-14-15-16-18-21(25)22-23-19-17-20-24-22/h9-10,17,19-20H,2-8,11-16,18H2,1H3. The zero-order valence-corrected chi connectivity index (χ0v) is 16.1. The molecule has 25 heavy (non-hydrogen) atoms. The number of aromatic nitrogens is 2. The Hall–Kier alpha value is -1.51. The van der Waals surface area contributed by atoms with Crippen molar-refractivity contribution in [1.82, 2.24) is 9.97 Å². The minimum atomic E-state index is 0.0678. The van der Waals surface area contributed by atoms with E-state index in [0.717, 1.165) is 12.8 Å². The first-order chi connectivity index (χ1) is 12.3. The molecule has 0 spiro atoms. The van der Waals surface area contributed by atoms with Gasteiger partial charge in [0.05, 0.1) is 0 Å². The van der Waals surface area contributed by atoms with Crippen molar-refractivity contribution in [2.75, 3.05) is 0 Å². The van der Waals surface area contributed by atoms with Gasteiger partial charge in [0.15, 0.2) is 11.6 Å². The lowest BCUT2D eigenvalue weighted by atomic mass is 10.1. The van der Waals surface area contributed by atoms with Crippen LogP contribution in [-0.2, 0) is 0 Å². The Labute approximate surface area is 154 Å². The van der Waals surface area contributed by atoms with Gasteiger partial charge in [-0.05, 0) is 38.2 Å². The summed E-state index contributed by atoms with van der Waals surface area (Å²) in [5.74, 6) is 0.427. The lowest BCUT2D eigenvalue weighted by Crippen LogP contribution is -2.04. The molecule has 0 radical (unpaired) electrons. The maximum atomic E-state index is 11.8. The number of nitrogens with zero attached hydrogens (tertiary/aromatic N) is 2. The number of carbonyl (C=O) groups is 1. The summed E-state index contributed by atoms with van der Waals surface area (Å²) in [7, 11) is 0. The molecule has 0 bridgehead atoms. The van der Waals surface area contributed by atoms with Crippen molar-refractivity contribution in [3.05, 3.63) is 36.4 Å². The smallest absolute Gasteiger partial charge is 0.200 e. The largest absolute Gasteiger partial charge is 0.291 e. The van der Waals surface area contributed by atoms with Crippen molar-refractivity contribution in [1.29, 1.82) is 0 Å². The molecular weight excluding hydrogens is 308 g/mol. The molecule has 0 aliphatic rings. The molecule has 140 valence electrons. The number of unbranched alkanes of at least 4 members (excludes halogenated alkanes) is 11. The van der Waals surface area contributed by atoms with Crippen LogP contribution in [0.15, 0.2) is 30.6 Å². The van der Waals surface area contributed by atoms with Crippen LogP contribution in [0.3, 0.4) is 0 Å². The molecule has 0 saturated carbocycles. The summed E-state index contributed by atoms with van der Waals surface area (Å²) in [4.78, 5) is 19.8. The van der Waals surface area contributed by atoms with Gasteiger partial charge in [0.25, 0.3) is 0 Å². The molecule has 0 N–H and O–H groups in total. The first-order valence-electron chi connectivity index (χ1n) is 10.3. The Morgan fingerprint density at radius 3 is 1.92 bits per heavy atom. The topological polar surface area (TPSA) is 42.9 Å². The van der Waals surface area contributed by atoms with Crippen LogP contribution in [0.2, 0.25) is 0 Å². The fourth-order valence-corrected chi connectivity index (χ4v) is 2.91. The summed E-state index contributed by atoms with van der Waals surface area (Å²) in [6.45, 7) is 2.27. The van der Waals surface area contributed by atoms with Gasteiger partial charge >= 0.3 is 0 Å². The van der Waals surface area contributed by atoms with Crippen LogP contribution >= 0.6 is 0 Å². The lowest BCUT2D eigenvalue weighted by Gasteiger charge is -2.00. The molecule has 1 rings (SSSR count). The van der Waals surface area contributed by atoms with E-state index >= 15 is 0 Å². The lowest BCUT2D eigenvalue weighted by molar-refractivity contribution is 0.0969. The zero-order chi connectivity index (χ0) is 18.0. The van der Waals surface area contributed by atoms with E-state index in [4.69, 9.17) is 0 Å². The molecule has 0 atom stereocenters. The summed E-state index contributed by atoms with van der Waals surface area (Å²) in [6, 6.07) is 1.73. The average molecular weight is 345 g/mol. The van der Waals surface area contributed by atoms with E-state index in [-0.39, 0.29) is 5.78 Å². The molecule has 3 heteroatoms. The van der Waals surface area contributed by atoms with Crippen LogP contribution in [0.5, 0.6) is 0 Å². The van der Waals surface area contributed by atoms with E-state index in [2.05, 4.69) is 29.0 Å². The van der Waals surface area contributed by atoms with Crippen molar-refractivity contribution in [3.8, 4) is 0 Å². The Kier molecular flexibility index (Phi) is 13.8. The monoisotopic (exact) mass is 344 g/mol. The van der Waals surface area contributed by atoms with Crippen LogP contribution < -0.4 is 0 Å². The summed E-state index contributed by atoms with van der Waals surface area (Å²) in [5, 5.41) is 0. The summed E-state index contributed by atoms with van der Waals surface area (Å²) >= 11 is 0. The fourth-order valence-electron chi connectivity index (χ4n) is 2.91. The Morgan fingerprint density at radius 2 is 1.32 bits per heavy atom. The minimum Gasteiger partial charge on any atom is -0.291 e. The SMILES string of the molecule is CCCCCCCCC=CCCCCCCCC(=O)c1ncccn1. The van der Waals surface area contributed by atoms with Crippen molar-refractivity contribution >= 4 is 5.78 Å². The van der Waals surface area contributed by atoms with Crippen LogP contribution in [-0.4, -0.2) is 15.8 Å². The van der Waals surface area contributed by atoms with Crippen LogP contribution in [0.4, 0.5) is 0 Å². The molecule has 0 unspecified atom stereocenters. The molecule has 0 saturated heterocycles.